The summed E-state index contributed by atoms with van der Waals surface area (Å²) in [5, 5.41) is 2.90. The minimum absolute atomic E-state index is 0.0637. The average Bonchev–Trinajstić information content (AvgIpc) is 2.35. The van der Waals surface area contributed by atoms with Gasteiger partial charge in [0.25, 0.3) is 0 Å². The Morgan fingerprint density at radius 2 is 1.95 bits per heavy atom. The van der Waals surface area contributed by atoms with Gasteiger partial charge < -0.3 is 5.32 Å². The number of hydrogen-bond acceptors (Lipinski definition) is 3. The first-order chi connectivity index (χ1) is 8.68. The highest BCUT2D eigenvalue weighted by atomic mass is 35.5. The summed E-state index contributed by atoms with van der Waals surface area (Å²) in [7, 11) is 0. The van der Waals surface area contributed by atoms with Crippen molar-refractivity contribution in [3.63, 3.8) is 0 Å². The second-order valence-corrected chi connectivity index (χ2v) is 6.61. The predicted molar refractivity (Wildman–Crippen MR) is 77.1 cm³/mol. The van der Waals surface area contributed by atoms with Gasteiger partial charge in [-0.1, -0.05) is 20.8 Å². The van der Waals surface area contributed by atoms with Crippen LogP contribution in [0.2, 0.25) is 0 Å². The molecule has 1 heterocycles. The predicted octanol–water partition coefficient (Wildman–Crippen LogP) is 2.66. The molecule has 0 spiro atoms. The lowest BCUT2D eigenvalue weighted by Crippen LogP contribution is -2.38. The van der Waals surface area contributed by atoms with E-state index in [1.807, 2.05) is 13.8 Å². The topological polar surface area (TPSA) is 54.9 Å². The summed E-state index contributed by atoms with van der Waals surface area (Å²) in [6.45, 7) is 10.3. The maximum atomic E-state index is 12.0. The van der Waals surface area contributed by atoms with E-state index in [2.05, 4.69) is 36.1 Å². The van der Waals surface area contributed by atoms with Crippen LogP contribution in [-0.2, 0) is 16.8 Å². The molecular formula is C14H22ClN3O. The van der Waals surface area contributed by atoms with Gasteiger partial charge in [0, 0.05) is 29.6 Å². The smallest absolute Gasteiger partial charge is 0.227 e. The van der Waals surface area contributed by atoms with Crippen molar-refractivity contribution in [3.05, 3.63) is 23.8 Å². The normalized spacial score (nSPS) is 12.3. The third kappa shape index (κ3) is 4.16. The standard InChI is InChI=1S/C14H22ClN3O/c1-13(2,3)11-10(6-16-9-18-11)7-17-12(19)14(4,5)8-15/h6,9H,7-8H2,1-5H3,(H,17,19). The number of halogens is 1. The van der Waals surface area contributed by atoms with Crippen molar-refractivity contribution in [2.24, 2.45) is 5.41 Å². The van der Waals surface area contributed by atoms with E-state index in [4.69, 9.17) is 11.6 Å². The summed E-state index contributed by atoms with van der Waals surface area (Å²) in [6.07, 6.45) is 3.29. The number of aromatic nitrogens is 2. The summed E-state index contributed by atoms with van der Waals surface area (Å²) in [5.41, 5.74) is 1.24. The quantitative estimate of drug-likeness (QED) is 0.865. The highest BCUT2D eigenvalue weighted by Gasteiger charge is 2.27. The van der Waals surface area contributed by atoms with Crippen LogP contribution in [0.15, 0.2) is 12.5 Å². The molecular weight excluding hydrogens is 262 g/mol. The fraction of sp³-hybridized carbons (Fsp3) is 0.643. The molecule has 0 atom stereocenters. The van der Waals surface area contributed by atoms with E-state index in [0.717, 1.165) is 11.3 Å². The van der Waals surface area contributed by atoms with Crippen molar-refractivity contribution in [3.8, 4) is 0 Å². The van der Waals surface area contributed by atoms with Crippen LogP contribution in [-0.4, -0.2) is 21.8 Å². The Morgan fingerprint density at radius 3 is 2.47 bits per heavy atom. The van der Waals surface area contributed by atoms with Crippen LogP contribution in [0, 0.1) is 5.41 Å². The van der Waals surface area contributed by atoms with E-state index in [1.54, 1.807) is 6.20 Å². The molecule has 0 aliphatic rings. The van der Waals surface area contributed by atoms with Crippen molar-refractivity contribution in [2.75, 3.05) is 5.88 Å². The zero-order valence-electron chi connectivity index (χ0n) is 12.2. The number of amides is 1. The molecule has 0 fully saturated rings. The summed E-state index contributed by atoms with van der Waals surface area (Å²) in [5.74, 6) is 0.224. The van der Waals surface area contributed by atoms with E-state index < -0.39 is 5.41 Å². The molecule has 1 N–H and O–H groups in total. The lowest BCUT2D eigenvalue weighted by molar-refractivity contribution is -0.128. The van der Waals surface area contributed by atoms with Crippen LogP contribution < -0.4 is 5.32 Å². The van der Waals surface area contributed by atoms with E-state index in [9.17, 15) is 4.79 Å². The third-order valence-electron chi connectivity index (χ3n) is 2.89. The first-order valence-electron chi connectivity index (χ1n) is 6.32. The summed E-state index contributed by atoms with van der Waals surface area (Å²) in [4.78, 5) is 20.3. The number of nitrogens with one attached hydrogen (secondary N) is 1. The molecule has 1 amide bonds. The average molecular weight is 284 g/mol. The summed E-state index contributed by atoms with van der Waals surface area (Å²) in [6, 6.07) is 0. The van der Waals surface area contributed by atoms with Gasteiger partial charge in [0.15, 0.2) is 0 Å². The first kappa shape index (κ1) is 15.9. The van der Waals surface area contributed by atoms with Crippen LogP contribution in [0.3, 0.4) is 0 Å². The van der Waals surface area contributed by atoms with Gasteiger partial charge in [-0.3, -0.25) is 4.79 Å². The van der Waals surface area contributed by atoms with Crippen molar-refractivity contribution in [1.82, 2.24) is 15.3 Å². The van der Waals surface area contributed by atoms with Crippen molar-refractivity contribution in [2.45, 2.75) is 46.6 Å². The molecule has 106 valence electrons. The summed E-state index contributed by atoms with van der Waals surface area (Å²) < 4.78 is 0. The van der Waals surface area contributed by atoms with Crippen molar-refractivity contribution < 1.29 is 4.79 Å². The fourth-order valence-corrected chi connectivity index (χ4v) is 1.76. The largest absolute Gasteiger partial charge is 0.351 e. The van der Waals surface area contributed by atoms with Gasteiger partial charge in [-0.05, 0) is 13.8 Å². The van der Waals surface area contributed by atoms with Crippen LogP contribution in [0.25, 0.3) is 0 Å². The van der Waals surface area contributed by atoms with Gasteiger partial charge in [0.05, 0.1) is 11.1 Å². The Labute approximate surface area is 120 Å². The molecule has 5 heteroatoms. The van der Waals surface area contributed by atoms with Gasteiger partial charge in [-0.15, -0.1) is 11.6 Å². The number of carbonyl (C=O) groups excluding carboxylic acids is 1. The Kier molecular flexibility index (Phi) is 4.91. The number of carbonyl (C=O) groups is 1. The minimum Gasteiger partial charge on any atom is -0.351 e. The molecule has 0 saturated carbocycles. The highest BCUT2D eigenvalue weighted by Crippen LogP contribution is 2.23. The Bertz CT molecular complexity index is 452. The molecule has 1 rings (SSSR count). The molecule has 0 bridgehead atoms. The van der Waals surface area contributed by atoms with Crippen LogP contribution >= 0.6 is 11.6 Å². The molecule has 0 aliphatic heterocycles. The number of nitrogens with zero attached hydrogens (tertiary/aromatic N) is 2. The van der Waals surface area contributed by atoms with Crippen LogP contribution in [0.4, 0.5) is 0 Å². The molecule has 0 radical (unpaired) electrons. The zero-order valence-corrected chi connectivity index (χ0v) is 13.0. The van der Waals surface area contributed by atoms with Crippen LogP contribution in [0.5, 0.6) is 0 Å². The van der Waals surface area contributed by atoms with E-state index in [0.29, 0.717) is 6.54 Å². The van der Waals surface area contributed by atoms with E-state index in [1.165, 1.54) is 6.33 Å². The fourth-order valence-electron chi connectivity index (χ4n) is 1.64. The van der Waals surface area contributed by atoms with Gasteiger partial charge >= 0.3 is 0 Å². The lowest BCUT2D eigenvalue weighted by atomic mass is 9.88. The molecule has 19 heavy (non-hydrogen) atoms. The van der Waals surface area contributed by atoms with Crippen molar-refractivity contribution in [1.29, 1.82) is 0 Å². The molecule has 1 aromatic heterocycles. The Morgan fingerprint density at radius 1 is 1.32 bits per heavy atom. The van der Waals surface area contributed by atoms with E-state index in [-0.39, 0.29) is 17.2 Å². The third-order valence-corrected chi connectivity index (χ3v) is 3.55. The molecule has 4 nitrogen and oxygen atoms in total. The lowest BCUT2D eigenvalue weighted by Gasteiger charge is -2.23. The van der Waals surface area contributed by atoms with Gasteiger partial charge in [0.2, 0.25) is 5.91 Å². The van der Waals surface area contributed by atoms with E-state index >= 15 is 0 Å². The molecule has 0 aliphatic carbocycles. The molecule has 0 saturated heterocycles. The van der Waals surface area contributed by atoms with Crippen LogP contribution in [0.1, 0.15) is 45.9 Å². The maximum Gasteiger partial charge on any atom is 0.227 e. The maximum absolute atomic E-state index is 12.0. The van der Waals surface area contributed by atoms with Gasteiger partial charge in [0.1, 0.15) is 6.33 Å². The molecule has 0 unspecified atom stereocenters. The molecule has 0 aromatic carbocycles. The zero-order chi connectivity index (χ0) is 14.7. The second-order valence-electron chi connectivity index (χ2n) is 6.35. The Balaban J connectivity index is 2.82. The molecule has 1 aromatic rings. The Hall–Kier alpha value is -1.16. The van der Waals surface area contributed by atoms with Gasteiger partial charge in [-0.25, -0.2) is 9.97 Å². The number of rotatable bonds is 4. The number of alkyl halides is 1. The second kappa shape index (κ2) is 5.87. The monoisotopic (exact) mass is 283 g/mol. The highest BCUT2D eigenvalue weighted by molar-refractivity contribution is 6.19. The number of hydrogen-bond donors (Lipinski definition) is 1. The SMILES string of the molecule is CC(C)(CCl)C(=O)NCc1cncnc1C(C)(C)C. The first-order valence-corrected chi connectivity index (χ1v) is 6.85. The minimum atomic E-state index is -0.570. The summed E-state index contributed by atoms with van der Waals surface area (Å²) >= 11 is 5.79. The van der Waals surface area contributed by atoms with Crippen molar-refractivity contribution >= 4 is 17.5 Å². The van der Waals surface area contributed by atoms with Gasteiger partial charge in [-0.2, -0.15) is 0 Å².